The molecule has 0 fully saturated rings. The van der Waals surface area contributed by atoms with Gasteiger partial charge in [-0.2, -0.15) is 13.2 Å². The molecule has 0 radical (unpaired) electrons. The van der Waals surface area contributed by atoms with E-state index in [1.807, 2.05) is 24.4 Å². The number of carbonyl (C=O) groups excluding carboxylic acids is 1. The molecule has 0 atom stereocenters. The van der Waals surface area contributed by atoms with E-state index in [-0.39, 0.29) is 5.95 Å². The monoisotopic (exact) mass is 464 g/mol. The molecular weight excluding hydrogens is 449 g/mol. The fourth-order valence-corrected chi connectivity index (χ4v) is 3.59. The van der Waals surface area contributed by atoms with E-state index in [0.29, 0.717) is 17.6 Å². The second kappa shape index (κ2) is 7.55. The third kappa shape index (κ3) is 4.14. The van der Waals surface area contributed by atoms with E-state index >= 15 is 0 Å². The maximum absolute atomic E-state index is 12.6. The maximum Gasteiger partial charge on any atom is 0.389 e. The Balaban J connectivity index is 1.64. The summed E-state index contributed by atoms with van der Waals surface area (Å²) < 4.78 is 39.9. The van der Waals surface area contributed by atoms with Gasteiger partial charge in [0.15, 0.2) is 0 Å². The lowest BCUT2D eigenvalue weighted by atomic mass is 10.2. The van der Waals surface area contributed by atoms with Crippen molar-refractivity contribution in [1.29, 1.82) is 0 Å². The molecule has 0 amide bonds. The molecule has 2 N–H and O–H groups in total. The molecule has 2 aromatic heterocycles. The largest absolute Gasteiger partial charge is 0.389 e. The molecular formula is C20H16BrF3N4O. The third-order valence-electron chi connectivity index (χ3n) is 4.60. The molecule has 4 rings (SSSR count). The van der Waals surface area contributed by atoms with E-state index < -0.39 is 24.9 Å². The van der Waals surface area contributed by atoms with Crippen molar-refractivity contribution < 1.29 is 18.0 Å². The van der Waals surface area contributed by atoms with Crippen molar-refractivity contribution in [1.82, 2.24) is 14.5 Å². The SMILES string of the molecule is O=C(CCC(F)(F)F)n1c(NCc2c[nH]c3ccc(Br)cc23)nc2ccccc21. The highest BCUT2D eigenvalue weighted by atomic mass is 79.9. The summed E-state index contributed by atoms with van der Waals surface area (Å²) >= 11 is 3.45. The smallest absolute Gasteiger partial charge is 0.361 e. The van der Waals surface area contributed by atoms with Gasteiger partial charge in [-0.25, -0.2) is 9.55 Å². The van der Waals surface area contributed by atoms with Crippen LogP contribution in [0.2, 0.25) is 0 Å². The predicted octanol–water partition coefficient (Wildman–Crippen LogP) is 5.87. The summed E-state index contributed by atoms with van der Waals surface area (Å²) in [6.45, 7) is 0.353. The van der Waals surface area contributed by atoms with Crippen molar-refractivity contribution in [3.05, 3.63) is 58.7 Å². The Morgan fingerprint density at radius 3 is 2.79 bits per heavy atom. The van der Waals surface area contributed by atoms with Crippen LogP contribution in [0, 0.1) is 0 Å². The number of anilines is 1. The second-order valence-corrected chi connectivity index (χ2v) is 7.54. The number of nitrogens with zero attached hydrogens (tertiary/aromatic N) is 2. The quantitative estimate of drug-likeness (QED) is 0.387. The number of aromatic amines is 1. The first-order valence-electron chi connectivity index (χ1n) is 8.89. The molecule has 2 aromatic carbocycles. The molecule has 0 bridgehead atoms. The van der Waals surface area contributed by atoms with Gasteiger partial charge in [0.05, 0.1) is 17.5 Å². The summed E-state index contributed by atoms with van der Waals surface area (Å²) in [5, 5.41) is 4.11. The average Bonchev–Trinajstić information content (AvgIpc) is 3.24. The molecule has 9 heteroatoms. The summed E-state index contributed by atoms with van der Waals surface area (Å²) in [6, 6.07) is 12.7. The first-order chi connectivity index (χ1) is 13.8. The number of carbonyl (C=O) groups is 1. The minimum absolute atomic E-state index is 0.225. The number of H-pyrrole nitrogens is 1. The molecule has 5 nitrogen and oxygen atoms in total. The van der Waals surface area contributed by atoms with Crippen LogP contribution >= 0.6 is 15.9 Å². The van der Waals surface area contributed by atoms with Crippen molar-refractivity contribution in [3.8, 4) is 0 Å². The number of fused-ring (bicyclic) bond motifs is 2. The minimum Gasteiger partial charge on any atom is -0.361 e. The Bertz CT molecular complexity index is 1200. The Labute approximate surface area is 172 Å². The molecule has 0 aliphatic rings. The van der Waals surface area contributed by atoms with Crippen LogP contribution in [0.4, 0.5) is 19.1 Å². The highest BCUT2D eigenvalue weighted by Crippen LogP contribution is 2.27. The van der Waals surface area contributed by atoms with Crippen LogP contribution < -0.4 is 5.32 Å². The van der Waals surface area contributed by atoms with E-state index in [4.69, 9.17) is 0 Å². The number of imidazole rings is 1. The van der Waals surface area contributed by atoms with E-state index in [1.54, 1.807) is 24.3 Å². The zero-order valence-corrected chi connectivity index (χ0v) is 16.6. The Hall–Kier alpha value is -2.81. The zero-order valence-electron chi connectivity index (χ0n) is 15.1. The number of para-hydroxylation sites is 2. The molecule has 0 unspecified atom stereocenters. The molecule has 4 aromatic rings. The zero-order chi connectivity index (χ0) is 20.6. The summed E-state index contributed by atoms with van der Waals surface area (Å²) in [5.41, 5.74) is 2.92. The van der Waals surface area contributed by atoms with Crippen molar-refractivity contribution in [3.63, 3.8) is 0 Å². The number of halogens is 4. The maximum atomic E-state index is 12.6. The standard InChI is InChI=1S/C20H16BrF3N4O/c21-13-5-6-15-14(9-13)12(10-25-15)11-26-19-27-16-3-1-2-4-17(16)28(19)18(29)7-8-20(22,23)24/h1-6,9-10,25H,7-8,11H2,(H,26,27). The lowest BCUT2D eigenvalue weighted by molar-refractivity contribution is -0.133. The van der Waals surface area contributed by atoms with Gasteiger partial charge in [0.25, 0.3) is 0 Å². The summed E-state index contributed by atoms with van der Waals surface area (Å²) in [5.74, 6) is -0.428. The van der Waals surface area contributed by atoms with Gasteiger partial charge in [-0.15, -0.1) is 0 Å². The van der Waals surface area contributed by atoms with E-state index in [2.05, 4.69) is 31.2 Å². The molecule has 0 saturated heterocycles. The van der Waals surface area contributed by atoms with E-state index in [1.165, 1.54) is 4.57 Å². The van der Waals surface area contributed by atoms with Crippen molar-refractivity contribution in [2.24, 2.45) is 0 Å². The number of hydrogen-bond donors (Lipinski definition) is 2. The van der Waals surface area contributed by atoms with Crippen LogP contribution in [0.3, 0.4) is 0 Å². The van der Waals surface area contributed by atoms with Gasteiger partial charge >= 0.3 is 6.18 Å². The lowest BCUT2D eigenvalue weighted by Gasteiger charge is -2.11. The average molecular weight is 465 g/mol. The minimum atomic E-state index is -4.39. The number of aromatic nitrogens is 3. The fourth-order valence-electron chi connectivity index (χ4n) is 3.23. The Morgan fingerprint density at radius 1 is 1.21 bits per heavy atom. The number of rotatable bonds is 5. The first kappa shape index (κ1) is 19.5. The number of alkyl halides is 3. The van der Waals surface area contributed by atoms with Gasteiger partial charge < -0.3 is 10.3 Å². The van der Waals surface area contributed by atoms with Crippen molar-refractivity contribution in [2.75, 3.05) is 5.32 Å². The number of benzene rings is 2. The van der Waals surface area contributed by atoms with Crippen LogP contribution in [-0.2, 0) is 6.54 Å². The van der Waals surface area contributed by atoms with Gasteiger partial charge in [-0.3, -0.25) is 4.79 Å². The van der Waals surface area contributed by atoms with Gasteiger partial charge in [0.2, 0.25) is 11.9 Å². The lowest BCUT2D eigenvalue weighted by Crippen LogP contribution is -2.18. The van der Waals surface area contributed by atoms with E-state index in [9.17, 15) is 18.0 Å². The predicted molar refractivity (Wildman–Crippen MR) is 109 cm³/mol. The molecule has 0 aliphatic carbocycles. The first-order valence-corrected chi connectivity index (χ1v) is 9.68. The van der Waals surface area contributed by atoms with Crippen LogP contribution in [0.5, 0.6) is 0 Å². The van der Waals surface area contributed by atoms with Crippen molar-refractivity contribution in [2.45, 2.75) is 25.6 Å². The molecule has 29 heavy (non-hydrogen) atoms. The third-order valence-corrected chi connectivity index (χ3v) is 5.09. The summed E-state index contributed by atoms with van der Waals surface area (Å²) in [7, 11) is 0. The Kier molecular flexibility index (Phi) is 5.08. The highest BCUT2D eigenvalue weighted by molar-refractivity contribution is 9.10. The number of nitrogens with one attached hydrogen (secondary N) is 2. The van der Waals surface area contributed by atoms with Gasteiger partial charge in [0.1, 0.15) is 0 Å². The van der Waals surface area contributed by atoms with Gasteiger partial charge in [-0.1, -0.05) is 28.1 Å². The highest BCUT2D eigenvalue weighted by Gasteiger charge is 2.29. The molecule has 0 spiro atoms. The Morgan fingerprint density at radius 2 is 2.00 bits per heavy atom. The molecule has 150 valence electrons. The van der Waals surface area contributed by atoms with Gasteiger partial charge in [0, 0.05) is 34.5 Å². The van der Waals surface area contributed by atoms with Crippen LogP contribution in [0.25, 0.3) is 21.9 Å². The van der Waals surface area contributed by atoms with Crippen LogP contribution in [0.15, 0.2) is 53.1 Å². The summed E-state index contributed by atoms with van der Waals surface area (Å²) in [6.07, 6.45) is -4.35. The van der Waals surface area contributed by atoms with Gasteiger partial charge in [-0.05, 0) is 35.9 Å². The molecule has 0 aliphatic heterocycles. The molecule has 2 heterocycles. The topological polar surface area (TPSA) is 62.7 Å². The van der Waals surface area contributed by atoms with Crippen LogP contribution in [-0.4, -0.2) is 26.6 Å². The van der Waals surface area contributed by atoms with E-state index in [0.717, 1.165) is 20.9 Å². The summed E-state index contributed by atoms with van der Waals surface area (Å²) in [4.78, 5) is 20.2. The van der Waals surface area contributed by atoms with Crippen molar-refractivity contribution >= 4 is 49.7 Å². The normalized spacial score (nSPS) is 12.0. The number of hydrogen-bond acceptors (Lipinski definition) is 3. The van der Waals surface area contributed by atoms with Crippen LogP contribution in [0.1, 0.15) is 23.2 Å². The second-order valence-electron chi connectivity index (χ2n) is 6.63. The fraction of sp³-hybridized carbons (Fsp3) is 0.200. The molecule has 0 saturated carbocycles.